The van der Waals surface area contributed by atoms with Gasteiger partial charge in [0.15, 0.2) is 0 Å². The van der Waals surface area contributed by atoms with Gasteiger partial charge in [0, 0.05) is 6.54 Å². The normalized spacial score (nSPS) is 9.50. The van der Waals surface area contributed by atoms with Crippen molar-refractivity contribution in [3.05, 3.63) is 34.2 Å². The number of anilines is 1. The van der Waals surface area contributed by atoms with Crippen molar-refractivity contribution >= 4 is 23.1 Å². The van der Waals surface area contributed by atoms with Crippen molar-refractivity contribution in [2.75, 3.05) is 11.9 Å². The summed E-state index contributed by atoms with van der Waals surface area (Å²) < 4.78 is 0. The van der Waals surface area contributed by atoms with Gasteiger partial charge in [-0.25, -0.2) is 9.97 Å². The molecule has 0 aliphatic heterocycles. The van der Waals surface area contributed by atoms with Gasteiger partial charge in [0.1, 0.15) is 6.33 Å². The van der Waals surface area contributed by atoms with Crippen LogP contribution in [0.25, 0.3) is 0 Å². The zero-order chi connectivity index (χ0) is 10.6. The second-order valence-electron chi connectivity index (χ2n) is 2.29. The highest BCUT2D eigenvalue weighted by molar-refractivity contribution is 6.31. The predicted octanol–water partition coefficient (Wildman–Crippen LogP) is 1.64. The van der Waals surface area contributed by atoms with Gasteiger partial charge in [0.05, 0.1) is 4.92 Å². The molecule has 0 aliphatic rings. The second kappa shape index (κ2) is 4.52. The standard InChI is InChI=1S/C7H7ClN4O2/c1-2-3-9-7-5(12(13)14)6(8)10-4-11-7/h2,4H,1,3H2,(H,9,10,11). The van der Waals surface area contributed by atoms with Crippen molar-refractivity contribution in [1.82, 2.24) is 9.97 Å². The summed E-state index contributed by atoms with van der Waals surface area (Å²) in [6, 6.07) is 0. The Bertz CT molecular complexity index is 369. The first-order chi connectivity index (χ1) is 6.66. The van der Waals surface area contributed by atoms with E-state index in [0.717, 1.165) is 6.33 Å². The first kappa shape index (κ1) is 10.4. The van der Waals surface area contributed by atoms with E-state index in [2.05, 4.69) is 21.9 Å². The Morgan fingerprint density at radius 2 is 2.43 bits per heavy atom. The molecule has 1 rings (SSSR count). The Morgan fingerprint density at radius 3 is 3.00 bits per heavy atom. The molecule has 0 radical (unpaired) electrons. The van der Waals surface area contributed by atoms with Crippen molar-refractivity contribution in [3.8, 4) is 0 Å². The molecule has 1 N–H and O–H groups in total. The number of hydrogen-bond acceptors (Lipinski definition) is 5. The van der Waals surface area contributed by atoms with Crippen LogP contribution in [0.2, 0.25) is 5.15 Å². The maximum atomic E-state index is 10.6. The molecule has 0 aliphatic carbocycles. The Kier molecular flexibility index (Phi) is 3.35. The summed E-state index contributed by atoms with van der Waals surface area (Å²) in [7, 11) is 0. The Balaban J connectivity index is 3.07. The van der Waals surface area contributed by atoms with Gasteiger partial charge in [-0.05, 0) is 0 Å². The molecule has 1 heterocycles. The summed E-state index contributed by atoms with van der Waals surface area (Å²) in [6.45, 7) is 3.83. The van der Waals surface area contributed by atoms with Crippen molar-refractivity contribution < 1.29 is 4.92 Å². The minimum atomic E-state index is -0.631. The molecule has 0 aromatic carbocycles. The minimum Gasteiger partial charge on any atom is -0.361 e. The minimum absolute atomic E-state index is 0.0925. The SMILES string of the molecule is C=CCNc1ncnc(Cl)c1[N+](=O)[O-]. The average molecular weight is 215 g/mol. The van der Waals surface area contributed by atoms with Crippen LogP contribution in [0.1, 0.15) is 0 Å². The number of aromatic nitrogens is 2. The monoisotopic (exact) mass is 214 g/mol. The number of nitrogens with zero attached hydrogens (tertiary/aromatic N) is 3. The molecule has 1 aromatic rings. The molecule has 0 atom stereocenters. The maximum absolute atomic E-state index is 10.6. The molecule has 0 saturated heterocycles. The molecule has 14 heavy (non-hydrogen) atoms. The Hall–Kier alpha value is -1.69. The number of halogens is 1. The van der Waals surface area contributed by atoms with Gasteiger partial charge in [-0.15, -0.1) is 6.58 Å². The maximum Gasteiger partial charge on any atom is 0.348 e. The van der Waals surface area contributed by atoms with Crippen LogP contribution in [0.15, 0.2) is 19.0 Å². The summed E-state index contributed by atoms with van der Waals surface area (Å²) in [4.78, 5) is 17.2. The molecule has 0 bridgehead atoms. The molecule has 0 unspecified atom stereocenters. The zero-order valence-electron chi connectivity index (χ0n) is 7.11. The van der Waals surface area contributed by atoms with Gasteiger partial charge < -0.3 is 5.32 Å². The molecule has 0 amide bonds. The fourth-order valence-electron chi connectivity index (χ4n) is 0.817. The van der Waals surface area contributed by atoms with Crippen molar-refractivity contribution in [3.63, 3.8) is 0 Å². The summed E-state index contributed by atoms with van der Waals surface area (Å²) in [5.74, 6) is 0.0925. The number of rotatable bonds is 4. The van der Waals surface area contributed by atoms with E-state index in [-0.39, 0.29) is 16.7 Å². The van der Waals surface area contributed by atoms with Crippen molar-refractivity contribution in [2.45, 2.75) is 0 Å². The van der Waals surface area contributed by atoms with Gasteiger partial charge >= 0.3 is 5.69 Å². The molecule has 0 fully saturated rings. The highest BCUT2D eigenvalue weighted by Crippen LogP contribution is 2.27. The van der Waals surface area contributed by atoms with E-state index >= 15 is 0 Å². The number of hydrogen-bond donors (Lipinski definition) is 1. The van der Waals surface area contributed by atoms with Crippen molar-refractivity contribution in [1.29, 1.82) is 0 Å². The van der Waals surface area contributed by atoms with Crippen molar-refractivity contribution in [2.24, 2.45) is 0 Å². The smallest absolute Gasteiger partial charge is 0.348 e. The predicted molar refractivity (Wildman–Crippen MR) is 52.4 cm³/mol. The number of nitro groups is 1. The van der Waals surface area contributed by atoms with Crippen LogP contribution in [0.3, 0.4) is 0 Å². The molecule has 7 heteroatoms. The van der Waals surface area contributed by atoms with Gasteiger partial charge in [0.2, 0.25) is 11.0 Å². The Labute approximate surface area is 84.8 Å². The lowest BCUT2D eigenvalue weighted by atomic mass is 10.4. The van der Waals surface area contributed by atoms with Crippen LogP contribution in [-0.4, -0.2) is 21.4 Å². The molecule has 0 spiro atoms. The van der Waals surface area contributed by atoms with Crippen LogP contribution in [0, 0.1) is 10.1 Å². The van der Waals surface area contributed by atoms with E-state index in [0.29, 0.717) is 6.54 Å². The highest BCUT2D eigenvalue weighted by Gasteiger charge is 2.20. The fraction of sp³-hybridized carbons (Fsp3) is 0.143. The largest absolute Gasteiger partial charge is 0.361 e. The third kappa shape index (κ3) is 2.17. The molecule has 6 nitrogen and oxygen atoms in total. The summed E-state index contributed by atoms with van der Waals surface area (Å²) in [5.41, 5.74) is -0.323. The van der Waals surface area contributed by atoms with Crippen LogP contribution in [0.5, 0.6) is 0 Å². The summed E-state index contributed by atoms with van der Waals surface area (Å²) in [5, 5.41) is 13.1. The fourth-order valence-corrected chi connectivity index (χ4v) is 1.02. The third-order valence-electron chi connectivity index (χ3n) is 1.37. The second-order valence-corrected chi connectivity index (χ2v) is 2.65. The first-order valence-corrected chi connectivity index (χ1v) is 4.04. The van der Waals surface area contributed by atoms with Gasteiger partial charge in [-0.3, -0.25) is 10.1 Å². The van der Waals surface area contributed by atoms with Crippen LogP contribution >= 0.6 is 11.6 Å². The lowest BCUT2D eigenvalue weighted by Crippen LogP contribution is -2.05. The van der Waals surface area contributed by atoms with Gasteiger partial charge in [0.25, 0.3) is 0 Å². The average Bonchev–Trinajstić information content (AvgIpc) is 2.14. The number of nitrogens with one attached hydrogen (secondary N) is 1. The summed E-state index contributed by atoms with van der Waals surface area (Å²) in [6.07, 6.45) is 2.71. The van der Waals surface area contributed by atoms with Crippen LogP contribution < -0.4 is 5.32 Å². The molecular weight excluding hydrogens is 208 g/mol. The molecule has 74 valence electrons. The quantitative estimate of drug-likeness (QED) is 0.357. The van der Waals surface area contributed by atoms with E-state index in [1.54, 1.807) is 6.08 Å². The molecule has 0 saturated carbocycles. The van der Waals surface area contributed by atoms with E-state index in [1.165, 1.54) is 0 Å². The van der Waals surface area contributed by atoms with Crippen LogP contribution in [-0.2, 0) is 0 Å². The first-order valence-electron chi connectivity index (χ1n) is 3.66. The van der Waals surface area contributed by atoms with E-state index in [4.69, 9.17) is 11.6 Å². The van der Waals surface area contributed by atoms with E-state index in [1.807, 2.05) is 0 Å². The zero-order valence-corrected chi connectivity index (χ0v) is 7.86. The highest BCUT2D eigenvalue weighted by atomic mass is 35.5. The van der Waals surface area contributed by atoms with Crippen LogP contribution in [0.4, 0.5) is 11.5 Å². The topological polar surface area (TPSA) is 81.0 Å². The van der Waals surface area contributed by atoms with E-state index < -0.39 is 4.92 Å². The molecule has 1 aromatic heterocycles. The van der Waals surface area contributed by atoms with Gasteiger partial charge in [-0.2, -0.15) is 0 Å². The molecular formula is C7H7ClN4O2. The lowest BCUT2D eigenvalue weighted by Gasteiger charge is -2.02. The lowest BCUT2D eigenvalue weighted by molar-refractivity contribution is -0.384. The summed E-state index contributed by atoms with van der Waals surface area (Å²) >= 11 is 5.54. The van der Waals surface area contributed by atoms with E-state index in [9.17, 15) is 10.1 Å². The Morgan fingerprint density at radius 1 is 1.71 bits per heavy atom. The third-order valence-corrected chi connectivity index (χ3v) is 1.65. The van der Waals surface area contributed by atoms with Gasteiger partial charge in [-0.1, -0.05) is 17.7 Å².